The summed E-state index contributed by atoms with van der Waals surface area (Å²) in [4.78, 5) is 4.86. The van der Waals surface area contributed by atoms with Crippen molar-refractivity contribution in [3.8, 4) is 0 Å². The van der Waals surface area contributed by atoms with Crippen molar-refractivity contribution in [2.24, 2.45) is 0 Å². The van der Waals surface area contributed by atoms with Gasteiger partial charge in [0.15, 0.2) is 0 Å². The number of nitrogens with zero attached hydrogens (tertiary/aromatic N) is 2. The van der Waals surface area contributed by atoms with Crippen molar-refractivity contribution in [3.05, 3.63) is 0 Å². The fourth-order valence-electron chi connectivity index (χ4n) is 2.51. The second-order valence-electron chi connectivity index (χ2n) is 4.72. The molecule has 90 valence electrons. The van der Waals surface area contributed by atoms with E-state index in [1.165, 1.54) is 32.4 Å². The average molecular weight is 213 g/mol. The maximum atomic E-state index is 3.66. The molecule has 0 aromatic carbocycles. The van der Waals surface area contributed by atoms with Crippen molar-refractivity contribution < 1.29 is 0 Å². The average Bonchev–Trinajstić information content (AvgIpc) is 2.65. The lowest BCUT2D eigenvalue weighted by Gasteiger charge is -2.29. The third-order valence-corrected chi connectivity index (χ3v) is 3.50. The predicted octanol–water partition coefficient (Wildman–Crippen LogP) is 1.36. The highest BCUT2D eigenvalue weighted by atomic mass is 15.3. The third kappa shape index (κ3) is 3.74. The van der Waals surface area contributed by atoms with Gasteiger partial charge in [0.05, 0.1) is 6.17 Å². The monoisotopic (exact) mass is 213 g/mol. The van der Waals surface area contributed by atoms with E-state index in [2.05, 4.69) is 43.1 Å². The molecule has 2 atom stereocenters. The van der Waals surface area contributed by atoms with E-state index < -0.39 is 0 Å². The van der Waals surface area contributed by atoms with E-state index in [0.717, 1.165) is 12.6 Å². The van der Waals surface area contributed by atoms with Gasteiger partial charge in [0.2, 0.25) is 0 Å². The zero-order valence-electron chi connectivity index (χ0n) is 10.8. The molecule has 1 rings (SSSR count). The van der Waals surface area contributed by atoms with Gasteiger partial charge < -0.3 is 5.32 Å². The van der Waals surface area contributed by atoms with Gasteiger partial charge in [0.25, 0.3) is 0 Å². The Labute approximate surface area is 94.8 Å². The van der Waals surface area contributed by atoms with Crippen LogP contribution in [0.2, 0.25) is 0 Å². The second kappa shape index (κ2) is 6.46. The van der Waals surface area contributed by atoms with Gasteiger partial charge >= 0.3 is 0 Å². The zero-order valence-corrected chi connectivity index (χ0v) is 10.8. The van der Waals surface area contributed by atoms with E-state index in [1.807, 2.05) is 0 Å². The minimum Gasteiger partial charge on any atom is -0.300 e. The molecule has 0 spiro atoms. The second-order valence-corrected chi connectivity index (χ2v) is 4.72. The number of likely N-dealkylation sites (N-methyl/N-ethyl adjacent to an activating group) is 1. The van der Waals surface area contributed by atoms with E-state index in [9.17, 15) is 0 Å². The number of hydrogen-bond acceptors (Lipinski definition) is 3. The molecule has 1 heterocycles. The first-order valence-corrected chi connectivity index (χ1v) is 6.32. The molecule has 3 nitrogen and oxygen atoms in total. The van der Waals surface area contributed by atoms with Gasteiger partial charge in [-0.15, -0.1) is 0 Å². The van der Waals surface area contributed by atoms with Crippen LogP contribution in [-0.2, 0) is 0 Å². The molecule has 15 heavy (non-hydrogen) atoms. The summed E-state index contributed by atoms with van der Waals surface area (Å²) >= 11 is 0. The smallest absolute Gasteiger partial charge is 0.0589 e. The van der Waals surface area contributed by atoms with E-state index >= 15 is 0 Å². The zero-order chi connectivity index (χ0) is 11.3. The molecule has 0 unspecified atom stereocenters. The van der Waals surface area contributed by atoms with Crippen molar-refractivity contribution in [1.29, 1.82) is 0 Å². The van der Waals surface area contributed by atoms with Gasteiger partial charge in [-0.05, 0) is 46.4 Å². The largest absolute Gasteiger partial charge is 0.300 e. The molecule has 1 aliphatic heterocycles. The summed E-state index contributed by atoms with van der Waals surface area (Å²) in [7, 11) is 4.29. The molecule has 1 aliphatic rings. The van der Waals surface area contributed by atoms with Gasteiger partial charge in [-0.3, -0.25) is 9.80 Å². The summed E-state index contributed by atoms with van der Waals surface area (Å²) in [6, 6.07) is 0.768. The molecule has 0 bridgehead atoms. The van der Waals surface area contributed by atoms with Crippen molar-refractivity contribution in [1.82, 2.24) is 15.1 Å². The molecule has 0 amide bonds. The molecule has 0 aromatic heterocycles. The van der Waals surface area contributed by atoms with Crippen LogP contribution in [0.3, 0.4) is 0 Å². The number of likely N-dealkylation sites (tertiary alicyclic amines) is 1. The Balaban J connectivity index is 2.28. The Morgan fingerprint density at radius 3 is 2.67 bits per heavy atom. The van der Waals surface area contributed by atoms with Crippen LogP contribution in [0.15, 0.2) is 0 Å². The lowest BCUT2D eigenvalue weighted by Crippen LogP contribution is -2.46. The van der Waals surface area contributed by atoms with E-state index in [1.54, 1.807) is 0 Å². The highest BCUT2D eigenvalue weighted by Crippen LogP contribution is 2.15. The van der Waals surface area contributed by atoms with Crippen LogP contribution in [-0.4, -0.2) is 55.7 Å². The Morgan fingerprint density at radius 2 is 2.13 bits per heavy atom. The summed E-state index contributed by atoms with van der Waals surface area (Å²) in [6.07, 6.45) is 4.44. The van der Waals surface area contributed by atoms with Crippen LogP contribution in [0.4, 0.5) is 0 Å². The van der Waals surface area contributed by atoms with Crippen molar-refractivity contribution >= 4 is 0 Å². The number of hydrogen-bond donors (Lipinski definition) is 1. The lowest BCUT2D eigenvalue weighted by atomic mass is 10.2. The number of rotatable bonds is 6. The fourth-order valence-corrected chi connectivity index (χ4v) is 2.51. The first-order valence-electron chi connectivity index (χ1n) is 6.32. The predicted molar refractivity (Wildman–Crippen MR) is 66.0 cm³/mol. The summed E-state index contributed by atoms with van der Waals surface area (Å²) < 4.78 is 0. The summed E-state index contributed by atoms with van der Waals surface area (Å²) in [5.41, 5.74) is 0. The lowest BCUT2D eigenvalue weighted by molar-refractivity contribution is 0.201. The highest BCUT2D eigenvalue weighted by molar-refractivity contribution is 4.81. The minimum absolute atomic E-state index is 0.532. The Kier molecular flexibility index (Phi) is 5.58. The quantitative estimate of drug-likeness (QED) is 0.672. The maximum Gasteiger partial charge on any atom is 0.0589 e. The summed E-state index contributed by atoms with van der Waals surface area (Å²) in [6.45, 7) is 8.14. The first kappa shape index (κ1) is 12.9. The molecule has 0 saturated carbocycles. The van der Waals surface area contributed by atoms with Crippen LogP contribution in [0.1, 0.15) is 33.1 Å². The molecular formula is C12H27N3. The van der Waals surface area contributed by atoms with Crippen LogP contribution < -0.4 is 5.32 Å². The van der Waals surface area contributed by atoms with Gasteiger partial charge in [-0.1, -0.05) is 13.8 Å². The van der Waals surface area contributed by atoms with Gasteiger partial charge in [0, 0.05) is 12.6 Å². The highest BCUT2D eigenvalue weighted by Gasteiger charge is 2.23. The third-order valence-electron chi connectivity index (χ3n) is 3.50. The van der Waals surface area contributed by atoms with Gasteiger partial charge in [0.1, 0.15) is 0 Å². The van der Waals surface area contributed by atoms with Gasteiger partial charge in [-0.2, -0.15) is 0 Å². The van der Waals surface area contributed by atoms with Crippen LogP contribution in [0.5, 0.6) is 0 Å². The molecule has 1 N–H and O–H groups in total. The molecule has 3 heteroatoms. The Hall–Kier alpha value is -0.120. The summed E-state index contributed by atoms with van der Waals surface area (Å²) in [5.74, 6) is 0. The molecule has 0 radical (unpaired) electrons. The van der Waals surface area contributed by atoms with E-state index in [4.69, 9.17) is 0 Å². The molecular weight excluding hydrogens is 186 g/mol. The molecule has 0 aliphatic carbocycles. The Morgan fingerprint density at radius 1 is 1.40 bits per heavy atom. The Bertz CT molecular complexity index is 170. The fraction of sp³-hybridized carbons (Fsp3) is 1.00. The number of nitrogens with one attached hydrogen (secondary N) is 1. The SMILES string of the molecule is CC[C@@H](NC[C@@H]1CCCN1CC)N(C)C. The van der Waals surface area contributed by atoms with Crippen molar-refractivity contribution in [3.63, 3.8) is 0 Å². The van der Waals surface area contributed by atoms with Crippen LogP contribution in [0, 0.1) is 0 Å². The maximum absolute atomic E-state index is 3.66. The van der Waals surface area contributed by atoms with E-state index in [0.29, 0.717) is 6.17 Å². The molecule has 1 saturated heterocycles. The minimum atomic E-state index is 0.532. The normalized spacial score (nSPS) is 25.0. The topological polar surface area (TPSA) is 18.5 Å². The first-order chi connectivity index (χ1) is 7.19. The molecule has 1 fully saturated rings. The van der Waals surface area contributed by atoms with Crippen LogP contribution in [0.25, 0.3) is 0 Å². The summed E-state index contributed by atoms with van der Waals surface area (Å²) in [5, 5.41) is 3.66. The van der Waals surface area contributed by atoms with Crippen molar-refractivity contribution in [2.45, 2.75) is 45.3 Å². The van der Waals surface area contributed by atoms with Crippen LogP contribution >= 0.6 is 0 Å². The molecule has 0 aromatic rings. The van der Waals surface area contributed by atoms with Gasteiger partial charge in [-0.25, -0.2) is 0 Å². The van der Waals surface area contributed by atoms with E-state index in [-0.39, 0.29) is 0 Å². The van der Waals surface area contributed by atoms with Crippen molar-refractivity contribution in [2.75, 3.05) is 33.7 Å². The standard InChI is InChI=1S/C12H27N3/c1-5-12(14(3)4)13-10-11-8-7-9-15(11)6-2/h11-13H,5-10H2,1-4H3/t11-,12-/m0/s1.